The summed E-state index contributed by atoms with van der Waals surface area (Å²) in [6, 6.07) is 17.1. The second kappa shape index (κ2) is 7.13. The molecule has 6 nitrogen and oxygen atoms in total. The van der Waals surface area contributed by atoms with E-state index in [9.17, 15) is 4.79 Å². The van der Waals surface area contributed by atoms with E-state index in [1.165, 1.54) is 0 Å². The summed E-state index contributed by atoms with van der Waals surface area (Å²) in [4.78, 5) is 15.3. The molecule has 2 aromatic carbocycles. The molecule has 0 atom stereocenters. The number of aromatic nitrogens is 1. The molecule has 4 rings (SSSR count). The zero-order valence-corrected chi connectivity index (χ0v) is 15.4. The lowest BCUT2D eigenvalue weighted by Crippen LogP contribution is -2.25. The Kier molecular flexibility index (Phi) is 4.52. The summed E-state index contributed by atoms with van der Waals surface area (Å²) < 4.78 is 10.7. The third-order valence-corrected chi connectivity index (χ3v) is 4.33. The van der Waals surface area contributed by atoms with Gasteiger partial charge in [0.05, 0.1) is 0 Å². The Morgan fingerprint density at radius 2 is 1.81 bits per heavy atom. The van der Waals surface area contributed by atoms with Gasteiger partial charge in [0.1, 0.15) is 5.69 Å². The van der Waals surface area contributed by atoms with Crippen molar-refractivity contribution in [3.8, 4) is 22.6 Å². The van der Waals surface area contributed by atoms with Crippen LogP contribution >= 0.6 is 12.2 Å². The van der Waals surface area contributed by atoms with Crippen LogP contribution in [0.1, 0.15) is 5.69 Å². The third kappa shape index (κ3) is 3.63. The summed E-state index contributed by atoms with van der Waals surface area (Å²) in [5.74, 6) is 1.35. The Bertz CT molecular complexity index is 1060. The van der Waals surface area contributed by atoms with Gasteiger partial charge in [0.15, 0.2) is 16.6 Å². The number of aromatic amines is 1. The molecule has 2 heterocycles. The van der Waals surface area contributed by atoms with Crippen LogP contribution in [0.5, 0.6) is 11.5 Å². The average Bonchev–Trinajstić information content (AvgIpc) is 3.12. The lowest BCUT2D eigenvalue weighted by atomic mass is 10.0. The van der Waals surface area contributed by atoms with E-state index in [0.717, 1.165) is 22.5 Å². The van der Waals surface area contributed by atoms with E-state index < -0.39 is 0 Å². The molecule has 1 aliphatic rings. The van der Waals surface area contributed by atoms with Crippen LogP contribution in [-0.4, -0.2) is 16.9 Å². The first-order valence-electron chi connectivity index (χ1n) is 8.37. The first-order chi connectivity index (χ1) is 13.1. The van der Waals surface area contributed by atoms with Crippen LogP contribution in [0.2, 0.25) is 0 Å². The van der Waals surface area contributed by atoms with Crippen LogP contribution in [-0.2, 0) is 0 Å². The highest BCUT2D eigenvalue weighted by atomic mass is 32.1. The monoisotopic (exact) mass is 379 g/mol. The number of ether oxygens (including phenoxy) is 2. The van der Waals surface area contributed by atoms with Crippen molar-refractivity contribution in [2.24, 2.45) is 0 Å². The van der Waals surface area contributed by atoms with Gasteiger partial charge in [-0.2, -0.15) is 0 Å². The quantitative estimate of drug-likeness (QED) is 0.600. The summed E-state index contributed by atoms with van der Waals surface area (Å²) in [7, 11) is 0. The molecule has 0 radical (unpaired) electrons. The van der Waals surface area contributed by atoms with Gasteiger partial charge >= 0.3 is 0 Å². The molecule has 3 N–H and O–H groups in total. The molecular weight excluding hydrogens is 362 g/mol. The van der Waals surface area contributed by atoms with Crippen molar-refractivity contribution in [3.05, 3.63) is 70.6 Å². The van der Waals surface area contributed by atoms with Crippen LogP contribution in [0.3, 0.4) is 0 Å². The minimum atomic E-state index is -0.233. The smallest absolute Gasteiger partial charge is 0.272 e. The van der Waals surface area contributed by atoms with Gasteiger partial charge in [0, 0.05) is 23.0 Å². The second-order valence-electron chi connectivity index (χ2n) is 6.08. The lowest BCUT2D eigenvalue weighted by Gasteiger charge is -2.14. The standard InChI is InChI=1S/C20H17N3O3S/c1-12-9-15(13-5-3-2-4-6-13)18(19(24)21-12)23-20(27)22-14-7-8-16-17(10-14)26-11-25-16/h2-10H,11H2,1H3,(H,21,24)(H2,22,23,27). The van der Waals surface area contributed by atoms with Crippen molar-refractivity contribution in [3.63, 3.8) is 0 Å². The zero-order valence-electron chi connectivity index (χ0n) is 14.5. The van der Waals surface area contributed by atoms with Crippen LogP contribution in [0, 0.1) is 6.92 Å². The van der Waals surface area contributed by atoms with Crippen LogP contribution in [0.25, 0.3) is 11.1 Å². The largest absolute Gasteiger partial charge is 0.454 e. The third-order valence-electron chi connectivity index (χ3n) is 4.12. The molecule has 0 aliphatic carbocycles. The van der Waals surface area contributed by atoms with E-state index in [0.29, 0.717) is 22.3 Å². The van der Waals surface area contributed by atoms with Crippen molar-refractivity contribution in [2.45, 2.75) is 6.92 Å². The van der Waals surface area contributed by atoms with Crippen molar-refractivity contribution >= 4 is 28.7 Å². The number of rotatable bonds is 3. The highest BCUT2D eigenvalue weighted by Crippen LogP contribution is 2.34. The summed E-state index contributed by atoms with van der Waals surface area (Å²) in [5, 5.41) is 6.40. The van der Waals surface area contributed by atoms with Crippen LogP contribution in [0.15, 0.2) is 59.4 Å². The fraction of sp³-hybridized carbons (Fsp3) is 0.100. The van der Waals surface area contributed by atoms with E-state index in [1.807, 2.05) is 49.4 Å². The molecule has 1 aliphatic heterocycles. The maximum Gasteiger partial charge on any atom is 0.272 e. The summed E-state index contributed by atoms with van der Waals surface area (Å²) in [5.41, 5.74) is 3.39. The number of H-pyrrole nitrogens is 1. The van der Waals surface area contributed by atoms with Crippen molar-refractivity contribution in [1.29, 1.82) is 0 Å². The summed E-state index contributed by atoms with van der Waals surface area (Å²) in [6.07, 6.45) is 0. The van der Waals surface area contributed by atoms with Gasteiger partial charge in [-0.3, -0.25) is 4.79 Å². The first kappa shape index (κ1) is 17.1. The average molecular weight is 379 g/mol. The SMILES string of the molecule is Cc1cc(-c2ccccc2)c(NC(=S)Nc2ccc3c(c2)OCO3)c(=O)[nH]1. The molecule has 0 unspecified atom stereocenters. The number of hydrogen-bond acceptors (Lipinski definition) is 4. The van der Waals surface area contributed by atoms with Gasteiger partial charge in [0.25, 0.3) is 5.56 Å². The number of thiocarbonyl (C=S) groups is 1. The lowest BCUT2D eigenvalue weighted by molar-refractivity contribution is 0.174. The predicted molar refractivity (Wildman–Crippen MR) is 110 cm³/mol. The Hall–Kier alpha value is -3.32. The molecule has 136 valence electrons. The molecule has 0 amide bonds. The van der Waals surface area contributed by atoms with Crippen molar-refractivity contribution in [1.82, 2.24) is 4.98 Å². The Morgan fingerprint density at radius 1 is 1.04 bits per heavy atom. The van der Waals surface area contributed by atoms with E-state index in [1.54, 1.807) is 12.1 Å². The number of fused-ring (bicyclic) bond motifs is 1. The number of benzene rings is 2. The highest BCUT2D eigenvalue weighted by Gasteiger charge is 2.15. The number of nitrogens with one attached hydrogen (secondary N) is 3. The first-order valence-corrected chi connectivity index (χ1v) is 8.78. The number of anilines is 2. The molecule has 3 aromatic rings. The maximum atomic E-state index is 12.5. The Labute approximate surface area is 161 Å². The van der Waals surface area contributed by atoms with Crippen LogP contribution < -0.4 is 25.7 Å². The van der Waals surface area contributed by atoms with Gasteiger partial charge < -0.3 is 25.1 Å². The molecule has 1 aromatic heterocycles. The molecule has 0 bridgehead atoms. The van der Waals surface area contributed by atoms with Gasteiger partial charge in [-0.05, 0) is 42.9 Å². The molecule has 0 fully saturated rings. The fourth-order valence-corrected chi connectivity index (χ4v) is 3.13. The summed E-state index contributed by atoms with van der Waals surface area (Å²) in [6.45, 7) is 2.06. The predicted octanol–water partition coefficient (Wildman–Crippen LogP) is 3.89. The van der Waals surface area contributed by atoms with Crippen LogP contribution in [0.4, 0.5) is 11.4 Å². The number of pyridine rings is 1. The molecule has 27 heavy (non-hydrogen) atoms. The van der Waals surface area contributed by atoms with Crippen molar-refractivity contribution < 1.29 is 9.47 Å². The highest BCUT2D eigenvalue weighted by molar-refractivity contribution is 7.80. The molecule has 0 saturated carbocycles. The maximum absolute atomic E-state index is 12.5. The second-order valence-corrected chi connectivity index (χ2v) is 6.49. The normalized spacial score (nSPS) is 11.9. The zero-order chi connectivity index (χ0) is 18.8. The van der Waals surface area contributed by atoms with E-state index in [4.69, 9.17) is 21.7 Å². The molecule has 0 saturated heterocycles. The minimum absolute atomic E-state index is 0.209. The number of aryl methyl sites for hydroxylation is 1. The fourth-order valence-electron chi connectivity index (χ4n) is 2.91. The Morgan fingerprint density at radius 3 is 2.63 bits per heavy atom. The minimum Gasteiger partial charge on any atom is -0.454 e. The molecule has 7 heteroatoms. The Balaban J connectivity index is 1.60. The number of hydrogen-bond donors (Lipinski definition) is 3. The van der Waals surface area contributed by atoms with E-state index in [-0.39, 0.29) is 12.4 Å². The van der Waals surface area contributed by atoms with Gasteiger partial charge in [-0.15, -0.1) is 0 Å². The topological polar surface area (TPSA) is 75.4 Å². The van der Waals surface area contributed by atoms with Gasteiger partial charge in [0.2, 0.25) is 6.79 Å². The van der Waals surface area contributed by atoms with Gasteiger partial charge in [-0.1, -0.05) is 30.3 Å². The van der Waals surface area contributed by atoms with Crippen molar-refractivity contribution in [2.75, 3.05) is 17.4 Å². The molecule has 0 spiro atoms. The summed E-state index contributed by atoms with van der Waals surface area (Å²) >= 11 is 5.40. The van der Waals surface area contributed by atoms with E-state index >= 15 is 0 Å². The molecular formula is C20H17N3O3S. The van der Waals surface area contributed by atoms with Gasteiger partial charge in [-0.25, -0.2) is 0 Å². The van der Waals surface area contributed by atoms with E-state index in [2.05, 4.69) is 15.6 Å².